The van der Waals surface area contributed by atoms with Gasteiger partial charge in [0.25, 0.3) is 0 Å². The highest BCUT2D eigenvalue weighted by Crippen LogP contribution is 2.55. The summed E-state index contributed by atoms with van der Waals surface area (Å²) >= 11 is 0. The summed E-state index contributed by atoms with van der Waals surface area (Å²) in [5.41, 5.74) is 36.4. The first-order chi connectivity index (χ1) is 35.0. The van der Waals surface area contributed by atoms with Gasteiger partial charge in [0, 0.05) is 16.2 Å². The van der Waals surface area contributed by atoms with Crippen molar-refractivity contribution < 1.29 is 0 Å². The summed E-state index contributed by atoms with van der Waals surface area (Å²) < 4.78 is 0. The van der Waals surface area contributed by atoms with Crippen molar-refractivity contribution in [3.05, 3.63) is 250 Å². The van der Waals surface area contributed by atoms with Gasteiger partial charge in [-0.05, 0) is 198 Å². The Labute approximate surface area is 433 Å². The summed E-state index contributed by atoms with van der Waals surface area (Å²) in [6, 6.07) is 74.7. The number of fused-ring (bicyclic) bond motifs is 9. The van der Waals surface area contributed by atoms with Gasteiger partial charge in [-0.25, -0.2) is 0 Å². The lowest BCUT2D eigenvalue weighted by Crippen LogP contribution is -2.16. The van der Waals surface area contributed by atoms with Crippen LogP contribution in [0.3, 0.4) is 0 Å². The van der Waals surface area contributed by atoms with Crippen molar-refractivity contribution in [3.63, 3.8) is 0 Å². The quantitative estimate of drug-likeness (QED) is 0.156. The highest BCUT2D eigenvalue weighted by Gasteiger charge is 2.39. The molecule has 0 unspecified atom stereocenters. The lowest BCUT2D eigenvalue weighted by atomic mass is 9.79. The first-order valence-electron chi connectivity index (χ1n) is 26.3. The molecule has 0 aromatic heterocycles. The maximum atomic E-state index is 2.48. The molecular weight excluding hydrogens is 877 g/mol. The van der Waals surface area contributed by atoms with Crippen molar-refractivity contribution in [1.82, 2.24) is 0 Å². The summed E-state index contributed by atoms with van der Waals surface area (Å²) in [5, 5.41) is 0. The molecule has 3 aliphatic rings. The van der Waals surface area contributed by atoms with Gasteiger partial charge in [0.1, 0.15) is 0 Å². The highest BCUT2D eigenvalue weighted by molar-refractivity contribution is 5.93. The fraction of sp³-hybridized carbons (Fsp3) is 0.178. The molecular formula is C73H62. The third kappa shape index (κ3) is 7.01. The van der Waals surface area contributed by atoms with Crippen molar-refractivity contribution in [2.75, 3.05) is 0 Å². The summed E-state index contributed by atoms with van der Waals surface area (Å²) in [7, 11) is 0. The third-order valence-corrected chi connectivity index (χ3v) is 17.2. The summed E-state index contributed by atoms with van der Waals surface area (Å²) in [4.78, 5) is 0. The van der Waals surface area contributed by atoms with E-state index in [2.05, 4.69) is 263 Å². The van der Waals surface area contributed by atoms with Crippen LogP contribution in [0, 0.1) is 27.7 Å². The molecule has 13 rings (SSSR count). The molecule has 0 heteroatoms. The smallest absolute Gasteiger partial charge is 0.0159 e. The van der Waals surface area contributed by atoms with Crippen LogP contribution in [0.25, 0.3) is 100 Å². The molecule has 0 spiro atoms. The molecule has 10 aromatic rings. The third-order valence-electron chi connectivity index (χ3n) is 17.2. The van der Waals surface area contributed by atoms with Crippen LogP contribution in [0.1, 0.15) is 97.2 Å². The topological polar surface area (TPSA) is 0 Å². The second-order valence-corrected chi connectivity index (χ2v) is 23.3. The first kappa shape index (κ1) is 45.1. The lowest BCUT2D eigenvalue weighted by Gasteiger charge is -2.24. The fourth-order valence-electron chi connectivity index (χ4n) is 13.5. The normalized spacial score (nSPS) is 14.8. The molecule has 0 heterocycles. The summed E-state index contributed by atoms with van der Waals surface area (Å²) in [5.74, 6) is 0. The van der Waals surface area contributed by atoms with Crippen LogP contribution < -0.4 is 0 Å². The molecule has 73 heavy (non-hydrogen) atoms. The molecule has 10 aromatic carbocycles. The number of aryl methyl sites for hydroxylation is 4. The van der Waals surface area contributed by atoms with Crippen LogP contribution in [-0.2, 0) is 16.2 Å². The van der Waals surface area contributed by atoms with E-state index in [1.807, 2.05) is 0 Å². The minimum absolute atomic E-state index is 0.153. The van der Waals surface area contributed by atoms with Crippen molar-refractivity contribution >= 4 is 0 Å². The predicted octanol–water partition coefficient (Wildman–Crippen LogP) is 19.8. The summed E-state index contributed by atoms with van der Waals surface area (Å²) in [6.45, 7) is 23.2. The van der Waals surface area contributed by atoms with E-state index < -0.39 is 0 Å². The predicted molar refractivity (Wildman–Crippen MR) is 311 cm³/mol. The Morgan fingerprint density at radius 3 is 0.644 bits per heavy atom. The number of benzene rings is 10. The van der Waals surface area contributed by atoms with Gasteiger partial charge >= 0.3 is 0 Å². The largest absolute Gasteiger partial charge is 0.0616 e. The van der Waals surface area contributed by atoms with E-state index >= 15 is 0 Å². The SMILES string of the molecule is Cc1cc(C)cc(-c2ccccc2-c2ccc3c(c2)C(C)(C)c2cc(-c4ccc5c(c4)C(C)(C)c4cc(-c6ccc7c(c6)C(C)(C)c6cc(-c8ccccc8-c8cc(C)cc(C)c8)ccc6-7)ccc4-5)ccc2-3)c1. The summed E-state index contributed by atoms with van der Waals surface area (Å²) in [6.07, 6.45) is 0. The van der Waals surface area contributed by atoms with Crippen LogP contribution in [0.15, 0.2) is 194 Å². The minimum Gasteiger partial charge on any atom is -0.0616 e. The first-order valence-corrected chi connectivity index (χ1v) is 26.3. The van der Waals surface area contributed by atoms with Crippen molar-refractivity contribution in [2.24, 2.45) is 0 Å². The van der Waals surface area contributed by atoms with Crippen LogP contribution >= 0.6 is 0 Å². The van der Waals surface area contributed by atoms with E-state index in [4.69, 9.17) is 0 Å². The van der Waals surface area contributed by atoms with Crippen molar-refractivity contribution in [3.8, 4) is 100 Å². The van der Waals surface area contributed by atoms with Gasteiger partial charge in [0.05, 0.1) is 0 Å². The number of rotatable bonds is 6. The average Bonchev–Trinajstić information content (AvgIpc) is 3.86. The Morgan fingerprint density at radius 1 is 0.192 bits per heavy atom. The molecule has 0 saturated heterocycles. The van der Waals surface area contributed by atoms with E-state index in [0.717, 1.165) is 0 Å². The van der Waals surface area contributed by atoms with Gasteiger partial charge in [-0.2, -0.15) is 0 Å². The van der Waals surface area contributed by atoms with E-state index in [9.17, 15) is 0 Å². The zero-order chi connectivity index (χ0) is 50.3. The Morgan fingerprint density at radius 2 is 0.397 bits per heavy atom. The van der Waals surface area contributed by atoms with Gasteiger partial charge in [-0.1, -0.05) is 222 Å². The number of hydrogen-bond donors (Lipinski definition) is 0. The Hall–Kier alpha value is -7.80. The molecule has 0 N–H and O–H groups in total. The molecule has 354 valence electrons. The van der Waals surface area contributed by atoms with Gasteiger partial charge in [0.2, 0.25) is 0 Å². The molecule has 3 aliphatic carbocycles. The Balaban J connectivity index is 0.793. The molecule has 0 nitrogen and oxygen atoms in total. The highest BCUT2D eigenvalue weighted by atomic mass is 14.4. The molecule has 0 bridgehead atoms. The lowest BCUT2D eigenvalue weighted by molar-refractivity contribution is 0.659. The van der Waals surface area contributed by atoms with Crippen molar-refractivity contribution in [2.45, 2.75) is 85.5 Å². The van der Waals surface area contributed by atoms with E-state index in [-0.39, 0.29) is 16.2 Å². The molecule has 0 amide bonds. The Kier molecular flexibility index (Phi) is 9.95. The van der Waals surface area contributed by atoms with Gasteiger partial charge < -0.3 is 0 Å². The maximum absolute atomic E-state index is 2.48. The maximum Gasteiger partial charge on any atom is 0.0159 e. The molecule has 0 radical (unpaired) electrons. The second kappa shape index (κ2) is 16.1. The Bertz CT molecular complexity index is 3680. The molecule has 0 saturated carbocycles. The van der Waals surface area contributed by atoms with Crippen LogP contribution in [0.5, 0.6) is 0 Å². The van der Waals surface area contributed by atoms with E-state index in [1.54, 1.807) is 0 Å². The standard InChI is InChI=1S/C73H62/c1-43-31-44(2)34-53(33-43)57-17-13-11-15-55(57)51-23-29-63-61-27-21-49(39-67(61)72(7,8)69(63)41-51)47-19-25-59-60-26-20-48(38-66(60)71(5,6)65(59)37-47)50-22-28-62-64-30-24-52(42-70(64)73(9,10)68(62)40-50)56-16-12-14-18-58(56)54-35-45(3)32-46(4)36-54/h11-42H,1-10H3. The zero-order valence-corrected chi connectivity index (χ0v) is 44.0. The molecule has 0 fully saturated rings. The minimum atomic E-state index is -0.164. The van der Waals surface area contributed by atoms with Crippen LogP contribution in [-0.4, -0.2) is 0 Å². The molecule has 0 aliphatic heterocycles. The van der Waals surface area contributed by atoms with Crippen LogP contribution in [0.4, 0.5) is 0 Å². The number of hydrogen-bond acceptors (Lipinski definition) is 0. The van der Waals surface area contributed by atoms with E-state index in [0.29, 0.717) is 0 Å². The van der Waals surface area contributed by atoms with Crippen molar-refractivity contribution in [1.29, 1.82) is 0 Å². The zero-order valence-electron chi connectivity index (χ0n) is 44.0. The van der Waals surface area contributed by atoms with Gasteiger partial charge in [-0.15, -0.1) is 0 Å². The average molecular weight is 939 g/mol. The fourth-order valence-corrected chi connectivity index (χ4v) is 13.5. The molecule has 0 atom stereocenters. The van der Waals surface area contributed by atoms with Crippen LogP contribution in [0.2, 0.25) is 0 Å². The van der Waals surface area contributed by atoms with Gasteiger partial charge in [0.15, 0.2) is 0 Å². The monoisotopic (exact) mass is 938 g/mol. The van der Waals surface area contributed by atoms with Gasteiger partial charge in [-0.3, -0.25) is 0 Å². The van der Waals surface area contributed by atoms with E-state index in [1.165, 1.54) is 156 Å². The second-order valence-electron chi connectivity index (χ2n) is 23.3.